The van der Waals surface area contributed by atoms with E-state index in [0.717, 1.165) is 42.7 Å². The van der Waals surface area contributed by atoms with Crippen molar-refractivity contribution in [3.05, 3.63) is 63.1 Å². The fraction of sp³-hybridized carbons (Fsp3) is 0.433. The second-order valence-corrected chi connectivity index (χ2v) is 12.6. The number of halogens is 2. The molecular weight excluding hydrogens is 807 g/mol. The summed E-state index contributed by atoms with van der Waals surface area (Å²) >= 11 is 3.70. The second kappa shape index (κ2) is 27.5. The van der Waals surface area contributed by atoms with Crippen molar-refractivity contribution in [3.63, 3.8) is 0 Å². The number of nitrogens with two attached hydrogens (primary N) is 1. The Bertz CT molecular complexity index is 1480. The van der Waals surface area contributed by atoms with Gasteiger partial charge in [0, 0.05) is 50.7 Å². The minimum absolute atomic E-state index is 0. The molecule has 0 radical (unpaired) electrons. The van der Waals surface area contributed by atoms with E-state index in [4.69, 9.17) is 42.7 Å². The van der Waals surface area contributed by atoms with E-state index >= 15 is 0 Å². The van der Waals surface area contributed by atoms with Crippen LogP contribution in [0.5, 0.6) is 11.5 Å². The first-order valence-corrected chi connectivity index (χ1v) is 17.9. The van der Waals surface area contributed by atoms with Gasteiger partial charge in [-0.1, -0.05) is 35.8 Å². The largest absolute Gasteiger partial charge is 4.00 e. The van der Waals surface area contributed by atoms with Crippen molar-refractivity contribution in [1.29, 1.82) is 0 Å². The Morgan fingerprint density at radius 2 is 1.34 bits per heavy atom. The van der Waals surface area contributed by atoms with Crippen molar-refractivity contribution in [2.45, 2.75) is 20.0 Å². The van der Waals surface area contributed by atoms with Gasteiger partial charge in [0.1, 0.15) is 0 Å². The number of aryl methyl sites for hydroxylation is 2. The smallest absolute Gasteiger partial charge is 0.872 e. The molecule has 0 saturated carbocycles. The minimum Gasteiger partial charge on any atom is -0.872 e. The van der Waals surface area contributed by atoms with Gasteiger partial charge in [0.05, 0.1) is 32.7 Å². The molecule has 0 unspecified atom stereocenters. The molecule has 23 heteroatoms. The standard InChI is InChI=1S/C26H34N6O2.C3H7NO.CNS.2ClHO4.Fe/c1-18-11-20-15-28-5-3-27-4-6-29-17-22-13-19(2)14-23(25(22)34)26-31-8-10-32(26)9-7-30-16-21(12-18)24(20)33;1-4(2)3-5;2-1-3;2*2-1(3,4)5;/h11-17,26-27,31,33-34H,3-10H2,1-2H3;3H,1-2H3;;2*(H,2,3,4,5);/q;;-1;;;+4/p-2/t26-;;;;;/m1...../s1. The fourth-order valence-corrected chi connectivity index (χ4v) is 4.57. The molecule has 2 heterocycles. The summed E-state index contributed by atoms with van der Waals surface area (Å²) in [7, 11) is -6.51. The van der Waals surface area contributed by atoms with Gasteiger partial charge >= 0.3 is 17.1 Å². The van der Waals surface area contributed by atoms with Crippen molar-refractivity contribution in [3.8, 4) is 11.5 Å². The average Bonchev–Trinajstić information content (AvgIpc) is 3.48. The number of rotatable bonds is 1. The Morgan fingerprint density at radius 1 is 0.906 bits per heavy atom. The first-order chi connectivity index (χ1) is 24.2. The molecule has 2 aromatic carbocycles. The third-order valence-corrected chi connectivity index (χ3v) is 6.41. The van der Waals surface area contributed by atoms with E-state index in [1.54, 1.807) is 32.7 Å². The van der Waals surface area contributed by atoms with Crippen LogP contribution in [-0.2, 0) is 21.9 Å². The van der Waals surface area contributed by atoms with Crippen molar-refractivity contribution < 1.29 is 100 Å². The van der Waals surface area contributed by atoms with Gasteiger partial charge in [-0.2, -0.15) is 5.16 Å². The fourth-order valence-electron chi connectivity index (χ4n) is 4.57. The quantitative estimate of drug-likeness (QED) is 0.104. The first kappa shape index (κ1) is 52.1. The van der Waals surface area contributed by atoms with Crippen LogP contribution in [0.1, 0.15) is 39.5 Å². The number of carbonyl (C=O) groups excluding carboxylic acids is 1. The number of quaternary nitrogens is 1. The van der Waals surface area contributed by atoms with Crippen LogP contribution in [0.3, 0.4) is 0 Å². The van der Waals surface area contributed by atoms with Crippen LogP contribution in [-0.4, -0.2) is 106 Å². The molecule has 53 heavy (non-hydrogen) atoms. The summed E-state index contributed by atoms with van der Waals surface area (Å²) in [5.41, 5.74) is 4.79. The number of fused-ring (bicyclic) bond motifs is 6. The topological polar surface area (TPSA) is 344 Å². The van der Waals surface area contributed by atoms with E-state index in [1.165, 1.54) is 10.1 Å². The molecule has 1 saturated heterocycles. The summed E-state index contributed by atoms with van der Waals surface area (Å²) in [4.78, 5) is 25.4. The zero-order chi connectivity index (χ0) is 39.9. The number of amides is 1. The third kappa shape index (κ3) is 26.4. The minimum atomic E-state index is -4.94. The number of nitrogens with one attached hydrogen (secondary N) is 2. The monoisotopic (exact) mass is 847 g/mol. The molecule has 1 fully saturated rings. The van der Waals surface area contributed by atoms with Crippen LogP contribution in [0, 0.1) is 34.3 Å². The molecule has 1 amide bonds. The Kier molecular flexibility index (Phi) is 27.1. The molecule has 2 aromatic rings. The Labute approximate surface area is 327 Å². The summed E-state index contributed by atoms with van der Waals surface area (Å²) < 4.78 is 67.9. The summed E-state index contributed by atoms with van der Waals surface area (Å²) in [5, 5.41) is 40.1. The molecule has 4 N–H and O–H groups in total. The van der Waals surface area contributed by atoms with Gasteiger partial charge < -0.3 is 31.2 Å². The number of hydrogen-bond acceptors (Lipinski definition) is 16. The maximum atomic E-state index is 13.2. The predicted octanol–water partition coefficient (Wildman–Crippen LogP) is -11.2. The third-order valence-electron chi connectivity index (χ3n) is 6.41. The van der Waals surface area contributed by atoms with Crippen LogP contribution < -0.4 is 63.1 Å². The second-order valence-electron chi connectivity index (χ2n) is 10.9. The van der Waals surface area contributed by atoms with Crippen molar-refractivity contribution in [1.82, 2.24) is 15.1 Å². The Morgan fingerprint density at radius 3 is 1.81 bits per heavy atom. The van der Waals surface area contributed by atoms with Gasteiger partial charge in [-0.3, -0.25) is 14.8 Å². The van der Waals surface area contributed by atoms with Gasteiger partial charge in [0.2, 0.25) is 6.41 Å². The summed E-state index contributed by atoms with van der Waals surface area (Å²) in [5.74, 6) is 0.0317. The van der Waals surface area contributed by atoms with E-state index in [-0.39, 0.29) is 34.7 Å². The number of isothiocyanates is 1. The van der Waals surface area contributed by atoms with Crippen LogP contribution >= 0.6 is 12.2 Å². The normalized spacial score (nSPS) is 16.0. The summed E-state index contributed by atoms with van der Waals surface area (Å²) in [6.45, 7) is 9.88. The van der Waals surface area contributed by atoms with Gasteiger partial charge in [0.25, 0.3) is 0 Å². The molecule has 2 aliphatic heterocycles. The molecule has 4 rings (SSSR count). The van der Waals surface area contributed by atoms with Crippen molar-refractivity contribution in [2.24, 2.45) is 9.98 Å². The van der Waals surface area contributed by atoms with E-state index < -0.39 is 20.5 Å². The number of hydrogen-bond donors (Lipinski definition) is 3. The molecule has 2 aliphatic rings. The Balaban J connectivity index is 0. The van der Waals surface area contributed by atoms with Gasteiger partial charge in [-0.05, 0) is 48.2 Å². The SMILES string of the molecule is CN(C)C=O.Cc1cc2c([O-])c(c1)C=[NH+]CCN1CC[NH2+][C@H]1c1cc(C)cc(c1[O-])C=NCCNCCN=C2.[Fe+4].[N-]=C=S.[O-][Cl+3]([O-])([O-])[O-].[O-][Cl+3]([O-])([O-])[O-]. The molecule has 19 nitrogen and oxygen atoms in total. The molecule has 4 bridgehead atoms. The van der Waals surface area contributed by atoms with Crippen LogP contribution in [0.25, 0.3) is 5.41 Å². The molecular formula is C30H41Cl2FeN8O11S+. The molecule has 0 aromatic heterocycles. The summed E-state index contributed by atoms with van der Waals surface area (Å²) in [6.07, 6.45) is 5.92. The molecule has 0 aliphatic carbocycles. The van der Waals surface area contributed by atoms with E-state index in [1.807, 2.05) is 38.1 Å². The van der Waals surface area contributed by atoms with Crippen LogP contribution in [0.2, 0.25) is 0 Å². The van der Waals surface area contributed by atoms with Crippen molar-refractivity contribution >= 4 is 42.4 Å². The van der Waals surface area contributed by atoms with Gasteiger partial charge in [0.15, 0.2) is 18.9 Å². The number of thiocarbonyl (C=S) groups is 1. The van der Waals surface area contributed by atoms with Crippen LogP contribution in [0.15, 0.2) is 34.3 Å². The molecule has 294 valence electrons. The summed E-state index contributed by atoms with van der Waals surface area (Å²) in [6, 6.07) is 7.70. The van der Waals surface area contributed by atoms with E-state index in [0.29, 0.717) is 49.4 Å². The average molecular weight is 849 g/mol. The molecule has 1 atom stereocenters. The van der Waals surface area contributed by atoms with Crippen LogP contribution in [0.4, 0.5) is 0 Å². The number of benzene rings is 2. The maximum absolute atomic E-state index is 13.2. The van der Waals surface area contributed by atoms with E-state index in [9.17, 15) is 15.0 Å². The van der Waals surface area contributed by atoms with Gasteiger partial charge in [-0.15, -0.1) is 20.5 Å². The van der Waals surface area contributed by atoms with Gasteiger partial charge in [-0.25, -0.2) is 47.2 Å². The van der Waals surface area contributed by atoms with E-state index in [2.05, 4.69) is 42.7 Å². The number of nitrogens with zero attached hydrogens (tertiary/aromatic N) is 5. The predicted molar refractivity (Wildman–Crippen MR) is 167 cm³/mol. The zero-order valence-electron chi connectivity index (χ0n) is 29.2. The number of carbonyl (C=O) groups is 1. The molecule has 0 spiro atoms. The van der Waals surface area contributed by atoms with Crippen molar-refractivity contribution in [2.75, 3.05) is 66.5 Å². The first-order valence-electron chi connectivity index (χ1n) is 15.1. The number of aliphatic imine (C=N–C) groups is 2. The maximum Gasteiger partial charge on any atom is 4.00 e. The Hall–Kier alpha value is -3.02. The zero-order valence-corrected chi connectivity index (χ0v) is 32.6.